The van der Waals surface area contributed by atoms with E-state index < -0.39 is 0 Å². The first-order valence-corrected chi connectivity index (χ1v) is 7.47. The summed E-state index contributed by atoms with van der Waals surface area (Å²) in [6.45, 7) is 9.04. The summed E-state index contributed by atoms with van der Waals surface area (Å²) in [5, 5.41) is 0. The quantitative estimate of drug-likeness (QED) is 0.651. The van der Waals surface area contributed by atoms with Crippen LogP contribution in [0.15, 0.2) is 0 Å². The van der Waals surface area contributed by atoms with Gasteiger partial charge in [0.2, 0.25) is 0 Å². The summed E-state index contributed by atoms with van der Waals surface area (Å²) in [5.41, 5.74) is 6.61. The second-order valence-electron chi connectivity index (χ2n) is 6.30. The summed E-state index contributed by atoms with van der Waals surface area (Å²) < 4.78 is 10.5. The zero-order valence-electron chi connectivity index (χ0n) is 13.2. The summed E-state index contributed by atoms with van der Waals surface area (Å²) in [4.78, 5) is 2.56. The molecular formula is C15H32N2O2. The number of rotatable bonds is 9. The summed E-state index contributed by atoms with van der Waals surface area (Å²) in [6, 6.07) is 0. The second-order valence-corrected chi connectivity index (χ2v) is 6.30. The van der Waals surface area contributed by atoms with Crippen molar-refractivity contribution < 1.29 is 9.47 Å². The van der Waals surface area contributed by atoms with Gasteiger partial charge in [0.1, 0.15) is 0 Å². The highest BCUT2D eigenvalue weighted by Crippen LogP contribution is 2.49. The van der Waals surface area contributed by atoms with E-state index in [0.717, 1.165) is 39.3 Å². The van der Waals surface area contributed by atoms with Gasteiger partial charge < -0.3 is 15.2 Å². The number of hydrogen-bond donors (Lipinski definition) is 1. The Hall–Kier alpha value is -0.160. The van der Waals surface area contributed by atoms with Crippen LogP contribution in [0.3, 0.4) is 0 Å². The Morgan fingerprint density at radius 1 is 1.05 bits per heavy atom. The average Bonchev–Trinajstić information content (AvgIpc) is 2.69. The molecule has 1 fully saturated rings. The minimum absolute atomic E-state index is 0.124. The molecule has 0 aromatic heterocycles. The maximum atomic E-state index is 6.21. The zero-order chi connectivity index (χ0) is 14.4. The lowest BCUT2D eigenvalue weighted by Crippen LogP contribution is -2.60. The van der Waals surface area contributed by atoms with Crippen molar-refractivity contribution >= 4 is 0 Å². The van der Waals surface area contributed by atoms with Gasteiger partial charge in [0.15, 0.2) is 0 Å². The van der Waals surface area contributed by atoms with E-state index in [1.807, 2.05) is 0 Å². The topological polar surface area (TPSA) is 47.7 Å². The third kappa shape index (κ3) is 3.69. The van der Waals surface area contributed by atoms with E-state index in [-0.39, 0.29) is 11.0 Å². The van der Waals surface area contributed by atoms with Crippen molar-refractivity contribution in [3.05, 3.63) is 0 Å². The molecule has 19 heavy (non-hydrogen) atoms. The third-order valence-electron chi connectivity index (χ3n) is 4.94. The van der Waals surface area contributed by atoms with Crippen molar-refractivity contribution in [1.82, 2.24) is 4.90 Å². The molecule has 0 bridgehead atoms. The molecule has 0 radical (unpaired) electrons. The van der Waals surface area contributed by atoms with Crippen LogP contribution in [-0.2, 0) is 9.47 Å². The first-order chi connectivity index (χ1) is 9.04. The second kappa shape index (κ2) is 7.58. The standard InChI is InChI=1S/C15H32N2O2/c1-14(2)7-5-8-15(14,13-16)17(10-12-19-4)9-6-11-18-3/h5-13,16H2,1-4H3. The highest BCUT2D eigenvalue weighted by atomic mass is 16.5. The Morgan fingerprint density at radius 2 is 1.74 bits per heavy atom. The van der Waals surface area contributed by atoms with Crippen molar-refractivity contribution in [2.75, 3.05) is 47.1 Å². The fourth-order valence-electron chi connectivity index (χ4n) is 3.63. The van der Waals surface area contributed by atoms with Crippen LogP contribution in [0.25, 0.3) is 0 Å². The fraction of sp³-hybridized carbons (Fsp3) is 1.00. The molecule has 1 unspecified atom stereocenters. The van der Waals surface area contributed by atoms with Crippen molar-refractivity contribution in [1.29, 1.82) is 0 Å². The van der Waals surface area contributed by atoms with Gasteiger partial charge in [-0.25, -0.2) is 0 Å². The molecule has 0 aliphatic heterocycles. The molecule has 0 aromatic rings. The van der Waals surface area contributed by atoms with Crippen LogP contribution in [0.5, 0.6) is 0 Å². The number of hydrogen-bond acceptors (Lipinski definition) is 4. The van der Waals surface area contributed by atoms with Gasteiger partial charge in [0.05, 0.1) is 6.61 Å². The largest absolute Gasteiger partial charge is 0.385 e. The van der Waals surface area contributed by atoms with Crippen molar-refractivity contribution in [3.63, 3.8) is 0 Å². The van der Waals surface area contributed by atoms with Crippen LogP contribution in [-0.4, -0.2) is 57.5 Å². The van der Waals surface area contributed by atoms with Gasteiger partial charge in [-0.1, -0.05) is 20.3 Å². The summed E-state index contributed by atoms with van der Waals surface area (Å²) in [5.74, 6) is 0. The van der Waals surface area contributed by atoms with E-state index in [1.54, 1.807) is 14.2 Å². The molecule has 4 nitrogen and oxygen atoms in total. The monoisotopic (exact) mass is 272 g/mol. The first kappa shape index (κ1) is 16.9. The Kier molecular flexibility index (Phi) is 6.74. The Morgan fingerprint density at radius 3 is 2.21 bits per heavy atom. The molecule has 0 aromatic carbocycles. The van der Waals surface area contributed by atoms with Crippen molar-refractivity contribution in [2.45, 2.75) is 45.1 Å². The van der Waals surface area contributed by atoms with Crippen LogP contribution in [0.2, 0.25) is 0 Å². The third-order valence-corrected chi connectivity index (χ3v) is 4.94. The minimum Gasteiger partial charge on any atom is -0.385 e. The van der Waals surface area contributed by atoms with Gasteiger partial charge in [-0.2, -0.15) is 0 Å². The molecule has 0 amide bonds. The van der Waals surface area contributed by atoms with Crippen LogP contribution < -0.4 is 5.73 Å². The molecule has 4 heteroatoms. The van der Waals surface area contributed by atoms with Gasteiger partial charge in [-0.05, 0) is 24.7 Å². The van der Waals surface area contributed by atoms with E-state index >= 15 is 0 Å². The van der Waals surface area contributed by atoms with E-state index in [2.05, 4.69) is 18.7 Å². The minimum atomic E-state index is 0.124. The number of nitrogens with two attached hydrogens (primary N) is 1. The molecule has 0 heterocycles. The highest BCUT2D eigenvalue weighted by molar-refractivity contribution is 5.07. The molecule has 1 atom stereocenters. The summed E-state index contributed by atoms with van der Waals surface area (Å²) in [7, 11) is 3.53. The van der Waals surface area contributed by atoms with Gasteiger partial charge >= 0.3 is 0 Å². The molecule has 0 spiro atoms. The number of ether oxygens (including phenoxy) is 2. The lowest BCUT2D eigenvalue weighted by molar-refractivity contribution is -0.00733. The summed E-state index contributed by atoms with van der Waals surface area (Å²) >= 11 is 0. The van der Waals surface area contributed by atoms with E-state index in [9.17, 15) is 0 Å². The van der Waals surface area contributed by atoms with Crippen molar-refractivity contribution in [2.24, 2.45) is 11.1 Å². The maximum absolute atomic E-state index is 6.21. The molecule has 1 aliphatic carbocycles. The first-order valence-electron chi connectivity index (χ1n) is 7.47. The smallest absolute Gasteiger partial charge is 0.0589 e. The highest BCUT2D eigenvalue weighted by Gasteiger charge is 2.51. The summed E-state index contributed by atoms with van der Waals surface area (Å²) in [6.07, 6.45) is 4.79. The molecule has 0 saturated heterocycles. The zero-order valence-corrected chi connectivity index (χ0v) is 13.2. The Bertz CT molecular complexity index is 259. The lowest BCUT2D eigenvalue weighted by Gasteiger charge is -2.49. The van der Waals surface area contributed by atoms with Gasteiger partial charge in [-0.3, -0.25) is 4.90 Å². The Labute approximate surface area is 118 Å². The number of methoxy groups -OCH3 is 2. The molecule has 2 N–H and O–H groups in total. The van der Waals surface area contributed by atoms with Gasteiger partial charge in [-0.15, -0.1) is 0 Å². The molecule has 1 aliphatic rings. The normalized spacial score (nSPS) is 26.2. The van der Waals surface area contributed by atoms with Crippen LogP contribution >= 0.6 is 0 Å². The van der Waals surface area contributed by atoms with Crippen LogP contribution in [0, 0.1) is 5.41 Å². The van der Waals surface area contributed by atoms with Gasteiger partial charge in [0, 0.05) is 46.0 Å². The molecule has 1 saturated carbocycles. The molecule has 1 rings (SSSR count). The van der Waals surface area contributed by atoms with Crippen LogP contribution in [0.4, 0.5) is 0 Å². The Balaban J connectivity index is 2.79. The number of nitrogens with zero attached hydrogens (tertiary/aromatic N) is 1. The SMILES string of the molecule is COCCCN(CCOC)C1(CN)CCCC1(C)C. The molecular weight excluding hydrogens is 240 g/mol. The fourth-order valence-corrected chi connectivity index (χ4v) is 3.63. The van der Waals surface area contributed by atoms with Crippen LogP contribution in [0.1, 0.15) is 39.5 Å². The van der Waals surface area contributed by atoms with Gasteiger partial charge in [0.25, 0.3) is 0 Å². The van der Waals surface area contributed by atoms with E-state index in [1.165, 1.54) is 19.3 Å². The maximum Gasteiger partial charge on any atom is 0.0589 e. The average molecular weight is 272 g/mol. The van der Waals surface area contributed by atoms with E-state index in [4.69, 9.17) is 15.2 Å². The van der Waals surface area contributed by atoms with Crippen molar-refractivity contribution in [3.8, 4) is 0 Å². The lowest BCUT2D eigenvalue weighted by atomic mass is 9.73. The molecule has 114 valence electrons. The van der Waals surface area contributed by atoms with E-state index in [0.29, 0.717) is 0 Å². The predicted octanol–water partition coefficient (Wildman–Crippen LogP) is 1.88. The predicted molar refractivity (Wildman–Crippen MR) is 79.4 cm³/mol.